The monoisotopic (exact) mass is 310 g/mol. The van der Waals surface area contributed by atoms with Crippen LogP contribution in [-0.4, -0.2) is 12.7 Å². The third-order valence-electron chi connectivity index (χ3n) is 3.75. The number of rotatable bonds is 4. The van der Waals surface area contributed by atoms with E-state index in [0.29, 0.717) is 16.8 Å². The first-order valence-electron chi connectivity index (χ1n) is 6.92. The van der Waals surface area contributed by atoms with Crippen LogP contribution in [0.5, 0.6) is 0 Å². The van der Waals surface area contributed by atoms with Gasteiger partial charge in [-0.1, -0.05) is 54.0 Å². The van der Waals surface area contributed by atoms with Crippen molar-refractivity contribution in [3.8, 4) is 0 Å². The third-order valence-corrected chi connectivity index (χ3v) is 4.96. The molecule has 18 heavy (non-hydrogen) atoms. The van der Waals surface area contributed by atoms with Gasteiger partial charge in [-0.05, 0) is 36.8 Å². The van der Waals surface area contributed by atoms with Crippen molar-refractivity contribution in [2.75, 3.05) is 6.61 Å². The third kappa shape index (κ3) is 3.36. The molecule has 3 atom stereocenters. The molecule has 1 aromatic rings. The molecule has 0 N–H and O–H groups in total. The van der Waals surface area contributed by atoms with Crippen molar-refractivity contribution < 1.29 is 4.74 Å². The summed E-state index contributed by atoms with van der Waals surface area (Å²) >= 11 is 3.85. The van der Waals surface area contributed by atoms with Gasteiger partial charge in [-0.15, -0.1) is 0 Å². The van der Waals surface area contributed by atoms with Crippen molar-refractivity contribution in [1.29, 1.82) is 0 Å². The fourth-order valence-electron chi connectivity index (χ4n) is 2.69. The largest absolute Gasteiger partial charge is 0.378 e. The Morgan fingerprint density at radius 1 is 1.28 bits per heavy atom. The van der Waals surface area contributed by atoms with E-state index in [-0.39, 0.29) is 0 Å². The highest BCUT2D eigenvalue weighted by molar-refractivity contribution is 9.09. The van der Waals surface area contributed by atoms with E-state index in [4.69, 9.17) is 4.74 Å². The average Bonchev–Trinajstić information content (AvgIpc) is 2.75. The maximum Gasteiger partial charge on any atom is 0.0589 e. The molecule has 0 bridgehead atoms. The first-order valence-corrected chi connectivity index (χ1v) is 7.84. The van der Waals surface area contributed by atoms with Crippen LogP contribution in [-0.2, 0) is 11.2 Å². The summed E-state index contributed by atoms with van der Waals surface area (Å²) in [6, 6.07) is 9.07. The van der Waals surface area contributed by atoms with E-state index in [2.05, 4.69) is 61.0 Å². The summed E-state index contributed by atoms with van der Waals surface area (Å²) in [4.78, 5) is 0.420. The highest BCUT2D eigenvalue weighted by atomic mass is 79.9. The van der Waals surface area contributed by atoms with Gasteiger partial charge in [0.25, 0.3) is 0 Å². The van der Waals surface area contributed by atoms with E-state index in [1.165, 1.54) is 11.1 Å². The van der Waals surface area contributed by atoms with E-state index in [1.807, 2.05) is 0 Å². The Morgan fingerprint density at radius 3 is 2.44 bits per heavy atom. The molecular weight excluding hydrogens is 288 g/mol. The second kappa shape index (κ2) is 6.21. The number of alkyl halides is 1. The number of benzene rings is 1. The van der Waals surface area contributed by atoms with Gasteiger partial charge in [-0.25, -0.2) is 0 Å². The van der Waals surface area contributed by atoms with Crippen molar-refractivity contribution >= 4 is 15.9 Å². The molecule has 0 saturated carbocycles. The standard InChI is InChI=1S/C16H23BrO/c1-11(2)10-13-4-6-14(7-5-13)16(17)15-8-9-18-12(15)3/h4-7,11-12,15-16H,8-10H2,1-3H3. The molecule has 1 heterocycles. The minimum Gasteiger partial charge on any atom is -0.378 e. The van der Waals surface area contributed by atoms with Gasteiger partial charge in [-0.2, -0.15) is 0 Å². The van der Waals surface area contributed by atoms with Crippen LogP contribution in [0, 0.1) is 11.8 Å². The Bertz CT molecular complexity index is 371. The van der Waals surface area contributed by atoms with Crippen LogP contribution in [0.15, 0.2) is 24.3 Å². The van der Waals surface area contributed by atoms with Gasteiger partial charge in [-0.3, -0.25) is 0 Å². The Morgan fingerprint density at radius 2 is 1.94 bits per heavy atom. The zero-order valence-corrected chi connectivity index (χ0v) is 13.1. The first kappa shape index (κ1) is 14.1. The highest BCUT2D eigenvalue weighted by Crippen LogP contribution is 2.39. The Balaban J connectivity index is 2.04. The van der Waals surface area contributed by atoms with Crippen molar-refractivity contribution in [2.45, 2.75) is 44.5 Å². The van der Waals surface area contributed by atoms with E-state index in [0.717, 1.165) is 25.4 Å². The van der Waals surface area contributed by atoms with Gasteiger partial charge in [0.2, 0.25) is 0 Å². The fourth-order valence-corrected chi connectivity index (χ4v) is 3.69. The molecule has 0 aliphatic carbocycles. The SMILES string of the molecule is CC(C)Cc1ccc(C(Br)C2CCOC2C)cc1. The van der Waals surface area contributed by atoms with Gasteiger partial charge in [0.15, 0.2) is 0 Å². The molecule has 0 aromatic heterocycles. The summed E-state index contributed by atoms with van der Waals surface area (Å²) in [5.74, 6) is 1.32. The van der Waals surface area contributed by atoms with E-state index >= 15 is 0 Å². The first-order chi connectivity index (χ1) is 8.58. The normalized spacial score (nSPS) is 25.6. The number of ether oxygens (including phenoxy) is 1. The Kier molecular flexibility index (Phi) is 4.85. The lowest BCUT2D eigenvalue weighted by Gasteiger charge is -2.21. The maximum atomic E-state index is 5.65. The maximum absolute atomic E-state index is 5.65. The topological polar surface area (TPSA) is 9.23 Å². The quantitative estimate of drug-likeness (QED) is 0.729. The molecule has 0 radical (unpaired) electrons. The summed E-state index contributed by atoms with van der Waals surface area (Å²) in [7, 11) is 0. The lowest BCUT2D eigenvalue weighted by atomic mass is 9.92. The van der Waals surface area contributed by atoms with Gasteiger partial charge in [0.1, 0.15) is 0 Å². The number of halogens is 1. The molecule has 3 unspecified atom stereocenters. The molecule has 1 aromatic carbocycles. The smallest absolute Gasteiger partial charge is 0.0589 e. The molecule has 100 valence electrons. The van der Waals surface area contributed by atoms with Crippen LogP contribution in [0.3, 0.4) is 0 Å². The predicted molar refractivity (Wildman–Crippen MR) is 80.2 cm³/mol. The van der Waals surface area contributed by atoms with Crippen LogP contribution in [0.25, 0.3) is 0 Å². The van der Waals surface area contributed by atoms with Crippen LogP contribution in [0.2, 0.25) is 0 Å². The van der Waals surface area contributed by atoms with Crippen molar-refractivity contribution in [3.63, 3.8) is 0 Å². The second-order valence-electron chi connectivity index (χ2n) is 5.77. The van der Waals surface area contributed by atoms with Gasteiger partial charge >= 0.3 is 0 Å². The molecule has 1 saturated heterocycles. The van der Waals surface area contributed by atoms with Crippen molar-refractivity contribution in [2.24, 2.45) is 11.8 Å². The molecular formula is C16H23BrO. The minimum absolute atomic E-state index is 0.365. The molecule has 1 aliphatic rings. The van der Waals surface area contributed by atoms with E-state index < -0.39 is 0 Å². The van der Waals surface area contributed by atoms with E-state index in [9.17, 15) is 0 Å². The lowest BCUT2D eigenvalue weighted by molar-refractivity contribution is 0.105. The van der Waals surface area contributed by atoms with Gasteiger partial charge < -0.3 is 4.74 Å². The molecule has 1 nitrogen and oxygen atoms in total. The molecule has 0 amide bonds. The minimum atomic E-state index is 0.365. The predicted octanol–water partition coefficient (Wildman–Crippen LogP) is 4.75. The summed E-state index contributed by atoms with van der Waals surface area (Å²) in [6.07, 6.45) is 2.69. The van der Waals surface area contributed by atoms with Crippen LogP contribution >= 0.6 is 15.9 Å². The Labute approximate surface area is 119 Å². The number of hydrogen-bond acceptors (Lipinski definition) is 1. The molecule has 2 heteroatoms. The highest BCUT2D eigenvalue weighted by Gasteiger charge is 2.31. The van der Waals surface area contributed by atoms with Crippen molar-refractivity contribution in [1.82, 2.24) is 0 Å². The molecule has 1 aliphatic heterocycles. The summed E-state index contributed by atoms with van der Waals surface area (Å²) in [5, 5.41) is 0. The van der Waals surface area contributed by atoms with Gasteiger partial charge in [0, 0.05) is 17.4 Å². The summed E-state index contributed by atoms with van der Waals surface area (Å²) < 4.78 is 5.65. The van der Waals surface area contributed by atoms with Gasteiger partial charge in [0.05, 0.1) is 6.10 Å². The Hall–Kier alpha value is -0.340. The van der Waals surface area contributed by atoms with E-state index in [1.54, 1.807) is 0 Å². The number of hydrogen-bond donors (Lipinski definition) is 0. The second-order valence-corrected chi connectivity index (χ2v) is 6.76. The van der Waals surface area contributed by atoms with Crippen LogP contribution in [0.1, 0.15) is 43.1 Å². The fraction of sp³-hybridized carbons (Fsp3) is 0.625. The molecule has 1 fully saturated rings. The van der Waals surface area contributed by atoms with Crippen LogP contribution < -0.4 is 0 Å². The zero-order chi connectivity index (χ0) is 13.1. The van der Waals surface area contributed by atoms with Crippen LogP contribution in [0.4, 0.5) is 0 Å². The average molecular weight is 311 g/mol. The summed E-state index contributed by atoms with van der Waals surface area (Å²) in [5.41, 5.74) is 2.81. The zero-order valence-electron chi connectivity index (χ0n) is 11.5. The molecule has 2 rings (SSSR count). The lowest BCUT2D eigenvalue weighted by Crippen LogP contribution is -2.16. The van der Waals surface area contributed by atoms with Crippen molar-refractivity contribution in [3.05, 3.63) is 35.4 Å². The summed E-state index contributed by atoms with van der Waals surface area (Å²) in [6.45, 7) is 7.61. The molecule has 0 spiro atoms.